The number of hydrogen-bond acceptors (Lipinski definition) is 8. The minimum absolute atomic E-state index is 0.216. The highest BCUT2D eigenvalue weighted by Gasteiger charge is 2.38. The first-order valence-electron chi connectivity index (χ1n) is 9.78. The van der Waals surface area contributed by atoms with E-state index in [0.29, 0.717) is 18.6 Å². The predicted octanol–water partition coefficient (Wildman–Crippen LogP) is -2.03. The quantitative estimate of drug-likeness (QED) is 0.188. The van der Waals surface area contributed by atoms with Crippen LogP contribution in [0.5, 0.6) is 0 Å². The lowest BCUT2D eigenvalue weighted by atomic mass is 10.1. The van der Waals surface area contributed by atoms with Gasteiger partial charge >= 0.3 is 11.9 Å². The Morgan fingerprint density at radius 2 is 1.81 bits per heavy atom. The number of hydrogen-bond donors (Lipinski definition) is 6. The van der Waals surface area contributed by atoms with Gasteiger partial charge in [-0.25, -0.2) is 4.79 Å². The molecule has 0 aliphatic carbocycles. The number of amides is 3. The average Bonchev–Trinajstić information content (AvgIpc) is 3.17. The highest BCUT2D eigenvalue weighted by molar-refractivity contribution is 7.98. The first-order chi connectivity index (χ1) is 14.5. The van der Waals surface area contributed by atoms with Crippen LogP contribution in [0, 0.1) is 0 Å². The van der Waals surface area contributed by atoms with Gasteiger partial charge in [0.2, 0.25) is 17.7 Å². The van der Waals surface area contributed by atoms with Crippen LogP contribution in [0.1, 0.15) is 32.6 Å². The van der Waals surface area contributed by atoms with E-state index in [1.54, 1.807) is 0 Å². The first-order valence-corrected chi connectivity index (χ1v) is 11.2. The van der Waals surface area contributed by atoms with Crippen molar-refractivity contribution in [2.24, 2.45) is 5.73 Å². The van der Waals surface area contributed by atoms with Crippen LogP contribution in [0.25, 0.3) is 0 Å². The molecule has 1 heterocycles. The molecular weight excluding hydrogens is 432 g/mol. The number of nitrogens with two attached hydrogens (primary N) is 1. The molecule has 0 saturated carbocycles. The maximum Gasteiger partial charge on any atom is 0.326 e. The van der Waals surface area contributed by atoms with E-state index in [0.717, 1.165) is 0 Å². The first kappa shape index (κ1) is 26.7. The van der Waals surface area contributed by atoms with Gasteiger partial charge in [-0.05, 0) is 38.2 Å². The number of nitrogens with one attached hydrogen (secondary N) is 2. The number of aliphatic carboxylic acids is 2. The Morgan fingerprint density at radius 1 is 1.16 bits per heavy atom. The lowest BCUT2D eigenvalue weighted by Gasteiger charge is -2.29. The van der Waals surface area contributed by atoms with Gasteiger partial charge in [-0.2, -0.15) is 11.8 Å². The second kappa shape index (κ2) is 12.5. The lowest BCUT2D eigenvalue weighted by Crippen LogP contribution is -2.60. The van der Waals surface area contributed by atoms with Crippen LogP contribution in [0.2, 0.25) is 0 Å². The second-order valence-electron chi connectivity index (χ2n) is 7.30. The summed E-state index contributed by atoms with van der Waals surface area (Å²) in [5.74, 6) is -4.29. The molecule has 7 N–H and O–H groups in total. The van der Waals surface area contributed by atoms with Crippen molar-refractivity contribution in [3.05, 3.63) is 0 Å². The number of aliphatic hydroxyl groups excluding tert-OH is 1. The topological polar surface area (TPSA) is 199 Å². The molecule has 5 atom stereocenters. The van der Waals surface area contributed by atoms with Crippen molar-refractivity contribution < 1.29 is 39.3 Å². The number of rotatable bonds is 12. The van der Waals surface area contributed by atoms with Gasteiger partial charge in [0.25, 0.3) is 0 Å². The van der Waals surface area contributed by atoms with Gasteiger partial charge in [-0.15, -0.1) is 0 Å². The summed E-state index contributed by atoms with van der Waals surface area (Å²) in [6.07, 6.45) is 0.837. The van der Waals surface area contributed by atoms with Crippen LogP contribution >= 0.6 is 11.8 Å². The summed E-state index contributed by atoms with van der Waals surface area (Å²) >= 11 is 1.43. The Balaban J connectivity index is 2.93. The van der Waals surface area contributed by atoms with Gasteiger partial charge < -0.3 is 36.6 Å². The van der Waals surface area contributed by atoms with Crippen molar-refractivity contribution in [2.75, 3.05) is 18.6 Å². The number of carbonyl (C=O) groups excluding carboxylic acids is 3. The van der Waals surface area contributed by atoms with Gasteiger partial charge in [0, 0.05) is 6.54 Å². The summed E-state index contributed by atoms with van der Waals surface area (Å²) in [6.45, 7) is 1.49. The number of thioether (sulfide) groups is 1. The van der Waals surface area contributed by atoms with Crippen LogP contribution in [0.15, 0.2) is 0 Å². The van der Waals surface area contributed by atoms with Crippen LogP contribution in [0.4, 0.5) is 0 Å². The third-order valence-electron chi connectivity index (χ3n) is 4.84. The molecule has 13 heteroatoms. The molecule has 0 aromatic rings. The summed E-state index contributed by atoms with van der Waals surface area (Å²) in [6, 6.07) is -4.93. The number of likely N-dealkylation sites (tertiary alicyclic amines) is 1. The van der Waals surface area contributed by atoms with Crippen LogP contribution < -0.4 is 16.4 Å². The van der Waals surface area contributed by atoms with Crippen molar-refractivity contribution >= 4 is 41.4 Å². The summed E-state index contributed by atoms with van der Waals surface area (Å²) in [5, 5.41) is 32.7. The molecule has 176 valence electrons. The van der Waals surface area contributed by atoms with E-state index in [1.165, 1.54) is 23.6 Å². The van der Waals surface area contributed by atoms with E-state index in [2.05, 4.69) is 10.6 Å². The molecule has 0 radical (unpaired) electrons. The molecule has 1 aliphatic rings. The Bertz CT molecular complexity index is 689. The van der Waals surface area contributed by atoms with Crippen molar-refractivity contribution in [3.63, 3.8) is 0 Å². The summed E-state index contributed by atoms with van der Waals surface area (Å²) < 4.78 is 0. The number of nitrogens with zero attached hydrogens (tertiary/aromatic N) is 1. The zero-order chi connectivity index (χ0) is 23.7. The summed E-state index contributed by atoms with van der Waals surface area (Å²) in [4.78, 5) is 61.1. The Labute approximate surface area is 183 Å². The van der Waals surface area contributed by atoms with Crippen LogP contribution in [0.3, 0.4) is 0 Å². The highest BCUT2D eigenvalue weighted by Crippen LogP contribution is 2.19. The van der Waals surface area contributed by atoms with Gasteiger partial charge in [-0.3, -0.25) is 19.2 Å². The van der Waals surface area contributed by atoms with E-state index in [1.807, 2.05) is 6.26 Å². The molecule has 5 unspecified atom stereocenters. The average molecular weight is 463 g/mol. The number of carbonyl (C=O) groups is 5. The minimum atomic E-state index is -1.48. The third-order valence-corrected chi connectivity index (χ3v) is 5.48. The normalized spacial score (nSPS) is 19.7. The molecule has 1 saturated heterocycles. The van der Waals surface area contributed by atoms with Crippen molar-refractivity contribution in [2.45, 2.75) is 62.9 Å². The predicted molar refractivity (Wildman–Crippen MR) is 111 cm³/mol. The molecule has 3 amide bonds. The largest absolute Gasteiger partial charge is 0.481 e. The number of aliphatic hydroxyl groups is 1. The maximum absolute atomic E-state index is 12.9. The fraction of sp³-hybridized carbons (Fsp3) is 0.722. The number of carboxylic acid groups (broad SMARTS) is 2. The molecule has 0 aromatic carbocycles. The van der Waals surface area contributed by atoms with E-state index in [9.17, 15) is 34.2 Å². The summed E-state index contributed by atoms with van der Waals surface area (Å²) in [7, 11) is 0. The smallest absolute Gasteiger partial charge is 0.326 e. The lowest BCUT2D eigenvalue weighted by molar-refractivity contribution is -0.149. The molecular formula is C18H30N4O8S. The van der Waals surface area contributed by atoms with Crippen molar-refractivity contribution in [1.29, 1.82) is 0 Å². The standard InChI is InChI=1S/C18H30N4O8S/c1-9(23)14(21-15(26)10(19)8-13(24)25)16(27)20-11(5-7-31-2)17(28)22-6-3-4-12(22)18(29)30/h9-12,14,23H,3-8,19H2,1-2H3,(H,20,27)(H,21,26)(H,24,25)(H,29,30). The van der Waals surface area contributed by atoms with E-state index in [4.69, 9.17) is 10.8 Å². The molecule has 0 bridgehead atoms. The number of carboxylic acids is 2. The Hall–Kier alpha value is -2.38. The van der Waals surface area contributed by atoms with Gasteiger partial charge in [0.05, 0.1) is 18.6 Å². The maximum atomic E-state index is 12.9. The van der Waals surface area contributed by atoms with E-state index < -0.39 is 66.4 Å². The van der Waals surface area contributed by atoms with Crippen molar-refractivity contribution in [1.82, 2.24) is 15.5 Å². The molecule has 1 aliphatic heterocycles. The van der Waals surface area contributed by atoms with Gasteiger partial charge in [0.1, 0.15) is 18.1 Å². The Kier molecular flexibility index (Phi) is 10.7. The fourth-order valence-corrected chi connectivity index (χ4v) is 3.66. The zero-order valence-electron chi connectivity index (χ0n) is 17.4. The Morgan fingerprint density at radius 3 is 2.32 bits per heavy atom. The molecule has 1 rings (SSSR count). The fourth-order valence-electron chi connectivity index (χ4n) is 3.19. The van der Waals surface area contributed by atoms with Gasteiger partial charge in [0.15, 0.2) is 0 Å². The minimum Gasteiger partial charge on any atom is -0.481 e. The molecule has 1 fully saturated rings. The van der Waals surface area contributed by atoms with Crippen LogP contribution in [-0.4, -0.2) is 98.7 Å². The summed E-state index contributed by atoms with van der Waals surface area (Å²) in [5.41, 5.74) is 5.48. The van der Waals surface area contributed by atoms with Gasteiger partial charge in [-0.1, -0.05) is 0 Å². The van der Waals surface area contributed by atoms with E-state index in [-0.39, 0.29) is 13.0 Å². The highest BCUT2D eigenvalue weighted by atomic mass is 32.2. The van der Waals surface area contributed by atoms with Crippen LogP contribution in [-0.2, 0) is 24.0 Å². The SMILES string of the molecule is CSCCC(NC(=O)C(NC(=O)C(N)CC(=O)O)C(C)O)C(=O)N1CCCC1C(=O)O. The molecule has 0 spiro atoms. The third kappa shape index (κ3) is 7.99. The second-order valence-corrected chi connectivity index (χ2v) is 8.29. The molecule has 12 nitrogen and oxygen atoms in total. The van der Waals surface area contributed by atoms with E-state index >= 15 is 0 Å². The monoisotopic (exact) mass is 462 g/mol. The molecule has 31 heavy (non-hydrogen) atoms. The van der Waals surface area contributed by atoms with Crippen molar-refractivity contribution in [3.8, 4) is 0 Å². The molecule has 0 aromatic heterocycles. The zero-order valence-corrected chi connectivity index (χ0v) is 18.3.